The average molecular weight is 449 g/mol. The number of nitrogens with one attached hydrogen (secondary N) is 1. The van der Waals surface area contributed by atoms with Crippen molar-refractivity contribution in [2.24, 2.45) is 0 Å². The maximum absolute atomic E-state index is 13.2. The number of thiophene rings is 1. The van der Waals surface area contributed by atoms with Gasteiger partial charge in [-0.3, -0.25) is 9.59 Å². The number of nitrogens with zero attached hydrogens (tertiary/aromatic N) is 1. The topological polar surface area (TPSA) is 49.4 Å². The van der Waals surface area contributed by atoms with Crippen molar-refractivity contribution in [1.29, 1.82) is 0 Å². The van der Waals surface area contributed by atoms with E-state index in [4.69, 9.17) is 11.6 Å². The van der Waals surface area contributed by atoms with Gasteiger partial charge in [0.1, 0.15) is 5.70 Å². The van der Waals surface area contributed by atoms with Crippen molar-refractivity contribution in [3.8, 4) is 0 Å². The van der Waals surface area contributed by atoms with Gasteiger partial charge in [-0.05, 0) is 41.8 Å². The lowest BCUT2D eigenvalue weighted by Crippen LogP contribution is -2.32. The largest absolute Gasteiger partial charge is 0.416 e. The Kier molecular flexibility index (Phi) is 5.13. The predicted molar refractivity (Wildman–Crippen MR) is 110 cm³/mol. The number of para-hydroxylation sites is 1. The smallest absolute Gasteiger partial charge is 0.350 e. The zero-order valence-corrected chi connectivity index (χ0v) is 16.6. The molecule has 0 bridgehead atoms. The molecule has 0 spiro atoms. The predicted octanol–water partition coefficient (Wildman–Crippen LogP) is 5.82. The zero-order valence-electron chi connectivity index (χ0n) is 15.0. The Hall–Kier alpha value is -3.10. The molecule has 9 heteroatoms. The van der Waals surface area contributed by atoms with Crippen LogP contribution in [0.2, 0.25) is 5.02 Å². The van der Waals surface area contributed by atoms with Crippen LogP contribution in [0.25, 0.3) is 5.57 Å². The number of hydrogen-bond donors (Lipinski definition) is 1. The molecule has 4 nitrogen and oxygen atoms in total. The highest BCUT2D eigenvalue weighted by molar-refractivity contribution is 7.11. The van der Waals surface area contributed by atoms with E-state index >= 15 is 0 Å². The number of carbonyl (C=O) groups excluding carboxylic acids is 2. The van der Waals surface area contributed by atoms with E-state index in [1.807, 2.05) is 0 Å². The number of halogens is 4. The van der Waals surface area contributed by atoms with Gasteiger partial charge in [0.05, 0.1) is 21.8 Å². The highest BCUT2D eigenvalue weighted by Gasteiger charge is 2.41. The van der Waals surface area contributed by atoms with Gasteiger partial charge >= 0.3 is 6.18 Å². The summed E-state index contributed by atoms with van der Waals surface area (Å²) >= 11 is 7.42. The summed E-state index contributed by atoms with van der Waals surface area (Å²) in [5.41, 5.74) is -0.667. The maximum atomic E-state index is 13.2. The molecular weight excluding hydrogens is 437 g/mol. The van der Waals surface area contributed by atoms with Crippen LogP contribution in [-0.2, 0) is 15.8 Å². The molecule has 0 atom stereocenters. The van der Waals surface area contributed by atoms with Gasteiger partial charge in [0.2, 0.25) is 0 Å². The number of amides is 2. The number of rotatable bonds is 4. The lowest BCUT2D eigenvalue weighted by atomic mass is 10.1. The minimum Gasteiger partial charge on any atom is -0.350 e. The van der Waals surface area contributed by atoms with Crippen LogP contribution < -0.4 is 10.2 Å². The fourth-order valence-electron chi connectivity index (χ4n) is 3.06. The molecule has 1 aliphatic rings. The lowest BCUT2D eigenvalue weighted by Gasteiger charge is -2.16. The minimum absolute atomic E-state index is 0.0380. The molecule has 0 fully saturated rings. The van der Waals surface area contributed by atoms with Gasteiger partial charge in [-0.25, -0.2) is 4.90 Å². The van der Waals surface area contributed by atoms with E-state index in [0.717, 1.165) is 17.0 Å². The monoisotopic (exact) mass is 448 g/mol. The summed E-state index contributed by atoms with van der Waals surface area (Å²) in [5.74, 6) is -1.31. The van der Waals surface area contributed by atoms with Crippen LogP contribution >= 0.6 is 22.9 Å². The second kappa shape index (κ2) is 7.62. The molecule has 1 aromatic heterocycles. The number of hydrogen-bond acceptors (Lipinski definition) is 4. The molecule has 4 rings (SSSR count). The molecule has 30 heavy (non-hydrogen) atoms. The average Bonchev–Trinajstić information content (AvgIpc) is 3.30. The summed E-state index contributed by atoms with van der Waals surface area (Å²) < 4.78 is 39.2. The van der Waals surface area contributed by atoms with Gasteiger partial charge < -0.3 is 5.32 Å². The van der Waals surface area contributed by atoms with Crippen molar-refractivity contribution in [3.05, 3.63) is 87.2 Å². The SMILES string of the molecule is O=C1C(Nc2cccc(C(F)(F)F)c2)=C(c2cccs2)C(=O)N1c1ccccc1Cl. The fourth-order valence-corrected chi connectivity index (χ4v) is 4.05. The summed E-state index contributed by atoms with van der Waals surface area (Å²) in [6.45, 7) is 0. The zero-order chi connectivity index (χ0) is 21.5. The first-order valence-corrected chi connectivity index (χ1v) is 9.89. The van der Waals surface area contributed by atoms with E-state index < -0.39 is 23.6 Å². The second-order valence-corrected chi connectivity index (χ2v) is 7.68. The van der Waals surface area contributed by atoms with Gasteiger partial charge in [0.15, 0.2) is 0 Å². The molecule has 152 valence electrons. The Balaban J connectivity index is 1.80. The van der Waals surface area contributed by atoms with Gasteiger partial charge in [-0.15, -0.1) is 11.3 Å². The molecular formula is C21H12ClF3N2O2S. The van der Waals surface area contributed by atoms with Crippen molar-refractivity contribution in [2.45, 2.75) is 6.18 Å². The lowest BCUT2D eigenvalue weighted by molar-refractivity contribution is -0.137. The molecule has 1 aliphatic heterocycles. The van der Waals surface area contributed by atoms with Crippen molar-refractivity contribution >= 4 is 51.7 Å². The number of carbonyl (C=O) groups is 2. The van der Waals surface area contributed by atoms with Crippen LogP contribution in [-0.4, -0.2) is 11.8 Å². The molecule has 1 N–H and O–H groups in total. The summed E-state index contributed by atoms with van der Waals surface area (Å²) in [5, 5.41) is 4.66. The molecule has 0 saturated heterocycles. The number of anilines is 2. The van der Waals surface area contributed by atoms with E-state index in [0.29, 0.717) is 4.88 Å². The summed E-state index contributed by atoms with van der Waals surface area (Å²) in [4.78, 5) is 27.8. The van der Waals surface area contributed by atoms with E-state index in [1.54, 1.807) is 35.7 Å². The van der Waals surface area contributed by atoms with Gasteiger partial charge in [-0.1, -0.05) is 35.9 Å². The maximum Gasteiger partial charge on any atom is 0.416 e. The van der Waals surface area contributed by atoms with Crippen molar-refractivity contribution in [2.75, 3.05) is 10.2 Å². The fraction of sp³-hybridized carbons (Fsp3) is 0.0476. The Morgan fingerprint density at radius 3 is 2.37 bits per heavy atom. The van der Waals surface area contributed by atoms with Crippen LogP contribution in [0.15, 0.2) is 71.7 Å². The standard InChI is InChI=1S/C21H12ClF3N2O2S/c22-14-7-1-2-8-15(14)27-19(28)17(16-9-4-10-30-16)18(20(27)29)26-13-6-3-5-12(11-13)21(23,24)25/h1-11,26H. The minimum atomic E-state index is -4.54. The highest BCUT2D eigenvalue weighted by atomic mass is 35.5. The third-order valence-electron chi connectivity index (χ3n) is 4.40. The molecule has 2 amide bonds. The van der Waals surface area contributed by atoms with E-state index in [-0.39, 0.29) is 27.7 Å². The van der Waals surface area contributed by atoms with Crippen LogP contribution in [0.1, 0.15) is 10.4 Å². The molecule has 0 aliphatic carbocycles. The number of alkyl halides is 3. The van der Waals surface area contributed by atoms with Crippen LogP contribution in [0.4, 0.5) is 24.5 Å². The third kappa shape index (κ3) is 3.59. The molecule has 0 unspecified atom stereocenters. The summed E-state index contributed by atoms with van der Waals surface area (Å²) in [6, 6.07) is 14.2. The van der Waals surface area contributed by atoms with Crippen molar-refractivity contribution in [1.82, 2.24) is 0 Å². The van der Waals surface area contributed by atoms with E-state index in [2.05, 4.69) is 5.32 Å². The Bertz CT molecular complexity index is 1170. The number of benzene rings is 2. The first kappa shape index (κ1) is 20.2. The normalized spacial score (nSPS) is 14.6. The van der Waals surface area contributed by atoms with Crippen LogP contribution in [0.5, 0.6) is 0 Å². The van der Waals surface area contributed by atoms with E-state index in [9.17, 15) is 22.8 Å². The molecule has 3 aromatic rings. The Morgan fingerprint density at radius 2 is 1.70 bits per heavy atom. The first-order chi connectivity index (χ1) is 14.3. The summed E-state index contributed by atoms with van der Waals surface area (Å²) in [7, 11) is 0. The Labute approximate surface area is 178 Å². The van der Waals surface area contributed by atoms with Gasteiger partial charge in [0, 0.05) is 10.6 Å². The van der Waals surface area contributed by atoms with Gasteiger partial charge in [0.25, 0.3) is 11.8 Å². The van der Waals surface area contributed by atoms with Crippen molar-refractivity contribution < 1.29 is 22.8 Å². The first-order valence-electron chi connectivity index (χ1n) is 8.63. The quantitative estimate of drug-likeness (QED) is 0.512. The van der Waals surface area contributed by atoms with Crippen LogP contribution in [0.3, 0.4) is 0 Å². The third-order valence-corrected chi connectivity index (χ3v) is 5.61. The molecule has 0 saturated carbocycles. The van der Waals surface area contributed by atoms with Crippen molar-refractivity contribution in [3.63, 3.8) is 0 Å². The Morgan fingerprint density at radius 1 is 0.933 bits per heavy atom. The van der Waals surface area contributed by atoms with Gasteiger partial charge in [-0.2, -0.15) is 13.2 Å². The molecule has 0 radical (unpaired) electrons. The summed E-state index contributed by atoms with van der Waals surface area (Å²) in [6.07, 6.45) is -4.54. The van der Waals surface area contributed by atoms with E-state index in [1.165, 1.54) is 29.5 Å². The molecule has 2 aromatic carbocycles. The molecule has 2 heterocycles. The highest BCUT2D eigenvalue weighted by Crippen LogP contribution is 2.38. The second-order valence-electron chi connectivity index (χ2n) is 6.33. The van der Waals surface area contributed by atoms with Crippen LogP contribution in [0, 0.1) is 0 Å². The number of imide groups is 1.